The topological polar surface area (TPSA) is 76.0 Å². The molecule has 0 saturated heterocycles. The van der Waals surface area contributed by atoms with Gasteiger partial charge < -0.3 is 15.4 Å². The molecule has 0 aromatic heterocycles. The van der Waals surface area contributed by atoms with E-state index in [1.165, 1.54) is 5.06 Å². The normalized spacial score (nSPS) is 15.5. The molecule has 1 atom stereocenters. The van der Waals surface area contributed by atoms with Gasteiger partial charge in [0.05, 0.1) is 18.9 Å². The fourth-order valence-electron chi connectivity index (χ4n) is 2.11. The first-order valence-electron chi connectivity index (χ1n) is 6.48. The van der Waals surface area contributed by atoms with Gasteiger partial charge in [0.25, 0.3) is 0 Å². The van der Waals surface area contributed by atoms with Crippen LogP contribution in [0.4, 0.5) is 0 Å². The van der Waals surface area contributed by atoms with Gasteiger partial charge >= 0.3 is 0 Å². The molecule has 0 heterocycles. The number of hydrogen-bond acceptors (Lipinski definition) is 5. The summed E-state index contributed by atoms with van der Waals surface area (Å²) in [5.41, 5.74) is -0.568. The number of nitrogens with one attached hydrogen (secondary N) is 1. The summed E-state index contributed by atoms with van der Waals surface area (Å²) >= 11 is 0. The molecule has 4 N–H and O–H groups in total. The Kier molecular flexibility index (Phi) is 8.72. The lowest BCUT2D eigenvalue weighted by Crippen LogP contribution is -2.62. The molecule has 5 nitrogen and oxygen atoms in total. The van der Waals surface area contributed by atoms with Gasteiger partial charge in [-0.15, -0.1) is 0 Å². The molecule has 0 bridgehead atoms. The van der Waals surface area contributed by atoms with Crippen LogP contribution in [0.2, 0.25) is 0 Å². The minimum atomic E-state index is -0.568. The molecule has 104 valence electrons. The third kappa shape index (κ3) is 4.89. The highest BCUT2D eigenvalue weighted by Crippen LogP contribution is 2.26. The third-order valence-electron chi connectivity index (χ3n) is 3.18. The second-order valence-corrected chi connectivity index (χ2v) is 4.68. The SMILES string of the molecule is CCCCC(NCCO)(C(C)C)N(O)CCO. The Bertz CT molecular complexity index is 181. The molecule has 0 amide bonds. The van der Waals surface area contributed by atoms with Crippen LogP contribution in [-0.2, 0) is 0 Å². The average molecular weight is 248 g/mol. The molecular weight excluding hydrogens is 220 g/mol. The maximum Gasteiger partial charge on any atom is 0.0975 e. The Labute approximate surface area is 104 Å². The van der Waals surface area contributed by atoms with E-state index in [0.717, 1.165) is 19.3 Å². The third-order valence-corrected chi connectivity index (χ3v) is 3.18. The van der Waals surface area contributed by atoms with Gasteiger partial charge in [-0.1, -0.05) is 33.6 Å². The highest BCUT2D eigenvalue weighted by atomic mass is 16.5. The monoisotopic (exact) mass is 248 g/mol. The van der Waals surface area contributed by atoms with Crippen LogP contribution in [0, 0.1) is 5.92 Å². The molecule has 0 aliphatic heterocycles. The van der Waals surface area contributed by atoms with Crippen LogP contribution < -0.4 is 5.32 Å². The molecule has 0 aromatic rings. The van der Waals surface area contributed by atoms with Crippen LogP contribution in [0.3, 0.4) is 0 Å². The van der Waals surface area contributed by atoms with E-state index in [0.29, 0.717) is 6.54 Å². The van der Waals surface area contributed by atoms with Gasteiger partial charge in [0.15, 0.2) is 0 Å². The van der Waals surface area contributed by atoms with Crippen LogP contribution in [0.15, 0.2) is 0 Å². The Balaban J connectivity index is 4.79. The lowest BCUT2D eigenvalue weighted by atomic mass is 9.89. The van der Waals surface area contributed by atoms with Crippen molar-refractivity contribution in [3.8, 4) is 0 Å². The van der Waals surface area contributed by atoms with Crippen molar-refractivity contribution in [2.45, 2.75) is 45.7 Å². The molecule has 0 rings (SSSR count). The molecular formula is C12H28N2O3. The predicted octanol–water partition coefficient (Wildman–Crippen LogP) is 0.794. The van der Waals surface area contributed by atoms with Crippen molar-refractivity contribution in [2.75, 3.05) is 26.3 Å². The fraction of sp³-hybridized carbons (Fsp3) is 1.00. The van der Waals surface area contributed by atoms with Crippen molar-refractivity contribution >= 4 is 0 Å². The van der Waals surface area contributed by atoms with E-state index >= 15 is 0 Å². The van der Waals surface area contributed by atoms with Crippen molar-refractivity contribution in [1.82, 2.24) is 10.4 Å². The molecule has 0 aliphatic rings. The summed E-state index contributed by atoms with van der Waals surface area (Å²) in [6, 6.07) is 0. The molecule has 0 saturated carbocycles. The minimum absolute atomic E-state index is 0.0353. The Hall–Kier alpha value is -0.200. The van der Waals surface area contributed by atoms with Crippen LogP contribution >= 0.6 is 0 Å². The van der Waals surface area contributed by atoms with E-state index < -0.39 is 5.66 Å². The van der Waals surface area contributed by atoms with E-state index in [4.69, 9.17) is 10.2 Å². The molecule has 0 aromatic carbocycles. The highest BCUT2D eigenvalue weighted by molar-refractivity contribution is 4.87. The fourth-order valence-corrected chi connectivity index (χ4v) is 2.11. The smallest absolute Gasteiger partial charge is 0.0975 e. The van der Waals surface area contributed by atoms with E-state index in [2.05, 4.69) is 12.2 Å². The Morgan fingerprint density at radius 2 is 1.88 bits per heavy atom. The van der Waals surface area contributed by atoms with E-state index in [-0.39, 0.29) is 25.7 Å². The first-order valence-corrected chi connectivity index (χ1v) is 6.48. The number of hydroxylamine groups is 2. The van der Waals surface area contributed by atoms with E-state index in [9.17, 15) is 5.21 Å². The van der Waals surface area contributed by atoms with E-state index in [1.807, 2.05) is 13.8 Å². The lowest BCUT2D eigenvalue weighted by Gasteiger charge is -2.44. The molecule has 0 spiro atoms. The highest BCUT2D eigenvalue weighted by Gasteiger charge is 2.38. The van der Waals surface area contributed by atoms with Crippen LogP contribution in [0.25, 0.3) is 0 Å². The summed E-state index contributed by atoms with van der Waals surface area (Å²) in [4.78, 5) is 0. The number of hydrogen-bond donors (Lipinski definition) is 4. The van der Waals surface area contributed by atoms with Crippen LogP contribution in [0.1, 0.15) is 40.0 Å². The van der Waals surface area contributed by atoms with Crippen molar-refractivity contribution in [2.24, 2.45) is 5.92 Å². The zero-order valence-electron chi connectivity index (χ0n) is 11.3. The van der Waals surface area contributed by atoms with Gasteiger partial charge in [-0.25, -0.2) is 0 Å². The Morgan fingerprint density at radius 1 is 1.24 bits per heavy atom. The quantitative estimate of drug-likeness (QED) is 0.340. The number of unbranched alkanes of at least 4 members (excludes halogenated alkanes) is 1. The number of aliphatic hydroxyl groups is 2. The number of aliphatic hydroxyl groups excluding tert-OH is 2. The van der Waals surface area contributed by atoms with Gasteiger partial charge in [0, 0.05) is 13.1 Å². The van der Waals surface area contributed by atoms with Crippen molar-refractivity contribution < 1.29 is 15.4 Å². The van der Waals surface area contributed by atoms with Crippen LogP contribution in [-0.4, -0.2) is 52.4 Å². The average Bonchev–Trinajstić information content (AvgIpc) is 2.29. The zero-order valence-corrected chi connectivity index (χ0v) is 11.3. The van der Waals surface area contributed by atoms with Crippen molar-refractivity contribution in [1.29, 1.82) is 0 Å². The molecule has 0 radical (unpaired) electrons. The van der Waals surface area contributed by atoms with Crippen molar-refractivity contribution in [3.63, 3.8) is 0 Å². The maximum absolute atomic E-state index is 10.1. The second kappa shape index (κ2) is 8.83. The predicted molar refractivity (Wildman–Crippen MR) is 67.8 cm³/mol. The first kappa shape index (κ1) is 16.8. The summed E-state index contributed by atoms with van der Waals surface area (Å²) in [6.45, 7) is 6.75. The standard InChI is InChI=1S/C12H28N2O3/c1-4-5-6-12(11(2)3,13-7-9-15)14(17)8-10-16/h11,13,15-17H,4-10H2,1-3H3. The van der Waals surface area contributed by atoms with Gasteiger partial charge in [-0.3, -0.25) is 5.32 Å². The summed E-state index contributed by atoms with van der Waals surface area (Å²) in [5, 5.41) is 32.4. The zero-order chi connectivity index (χ0) is 13.3. The molecule has 1 unspecified atom stereocenters. The largest absolute Gasteiger partial charge is 0.395 e. The van der Waals surface area contributed by atoms with Crippen LogP contribution in [0.5, 0.6) is 0 Å². The molecule has 0 aliphatic carbocycles. The van der Waals surface area contributed by atoms with Gasteiger partial charge in [0.1, 0.15) is 0 Å². The summed E-state index contributed by atoms with van der Waals surface area (Å²) in [5.74, 6) is 0.178. The van der Waals surface area contributed by atoms with Crippen molar-refractivity contribution in [3.05, 3.63) is 0 Å². The maximum atomic E-state index is 10.1. The molecule has 5 heteroatoms. The summed E-state index contributed by atoms with van der Waals surface area (Å²) in [7, 11) is 0. The minimum Gasteiger partial charge on any atom is -0.395 e. The van der Waals surface area contributed by atoms with E-state index in [1.54, 1.807) is 0 Å². The molecule has 0 fully saturated rings. The van der Waals surface area contributed by atoms with Gasteiger partial charge in [-0.05, 0) is 12.3 Å². The second-order valence-electron chi connectivity index (χ2n) is 4.68. The first-order chi connectivity index (χ1) is 8.05. The Morgan fingerprint density at radius 3 is 2.29 bits per heavy atom. The number of nitrogens with zero attached hydrogens (tertiary/aromatic N) is 1. The number of rotatable bonds is 10. The summed E-state index contributed by atoms with van der Waals surface area (Å²) < 4.78 is 0. The summed E-state index contributed by atoms with van der Waals surface area (Å²) in [6.07, 6.45) is 2.82. The van der Waals surface area contributed by atoms with Gasteiger partial charge in [-0.2, -0.15) is 5.06 Å². The lowest BCUT2D eigenvalue weighted by molar-refractivity contribution is -0.210. The molecule has 17 heavy (non-hydrogen) atoms. The van der Waals surface area contributed by atoms with Gasteiger partial charge in [0.2, 0.25) is 0 Å².